The molecule has 1 aliphatic carbocycles. The summed E-state index contributed by atoms with van der Waals surface area (Å²) < 4.78 is 1.58. The average molecular weight is 551 g/mol. The van der Waals surface area contributed by atoms with Gasteiger partial charge in [0.25, 0.3) is 0 Å². The van der Waals surface area contributed by atoms with Crippen LogP contribution in [0.25, 0.3) is 16.9 Å². The van der Waals surface area contributed by atoms with Crippen molar-refractivity contribution >= 4 is 35.9 Å². The zero-order valence-electron chi connectivity index (χ0n) is 23.6. The lowest BCUT2D eigenvalue weighted by Gasteiger charge is -2.25. The standard InChI is InChI=1S/C23H26N10.C3H8.C2H6.H2S/c1-15(9-24)31-20-8-22(33-23-18(12-30-33)7-16(10-25)11-29-23)28-13-21(20)32(27)14-19(26)17-5-3-2-4-6-17;1-3-2;1-2;/h7-8,11-15,17H,2-6,26-27H2,1H3,(H,28,31);3H2,1-2H3;1-2H3;1H2/b19-14-;;;/t15-;;;/m1.../s1. The van der Waals surface area contributed by atoms with Gasteiger partial charge in [0.2, 0.25) is 0 Å². The fourth-order valence-electron chi connectivity index (χ4n) is 4.06. The molecule has 3 aromatic heterocycles. The van der Waals surface area contributed by atoms with Gasteiger partial charge in [-0.05, 0) is 31.7 Å². The molecule has 11 heteroatoms. The van der Waals surface area contributed by atoms with Gasteiger partial charge in [-0.15, -0.1) is 0 Å². The Balaban J connectivity index is 0.00000119. The Labute approximate surface area is 239 Å². The van der Waals surface area contributed by atoms with Crippen molar-refractivity contribution in [1.29, 1.82) is 10.5 Å². The summed E-state index contributed by atoms with van der Waals surface area (Å²) in [6.07, 6.45) is 13.5. The first kappa shape index (κ1) is 33.2. The Morgan fingerprint density at radius 1 is 1.15 bits per heavy atom. The number of hydrazine groups is 1. The number of nitrogens with zero attached hydrogens (tertiary/aromatic N) is 7. The van der Waals surface area contributed by atoms with E-state index in [1.165, 1.54) is 36.9 Å². The Kier molecular flexibility index (Phi) is 14.4. The molecule has 0 spiro atoms. The molecule has 3 aromatic rings. The van der Waals surface area contributed by atoms with E-state index in [9.17, 15) is 5.26 Å². The van der Waals surface area contributed by atoms with Gasteiger partial charge in [0, 0.05) is 29.5 Å². The Hall–Kier alpha value is -3.80. The van der Waals surface area contributed by atoms with Crippen LogP contribution in [0.1, 0.15) is 78.7 Å². The summed E-state index contributed by atoms with van der Waals surface area (Å²) in [5.74, 6) is 7.18. The first-order valence-electron chi connectivity index (χ1n) is 13.3. The van der Waals surface area contributed by atoms with Crippen molar-refractivity contribution in [3.8, 4) is 18.0 Å². The number of anilines is 2. The minimum Gasteiger partial charge on any atom is -0.401 e. The number of rotatable bonds is 6. The zero-order chi connectivity index (χ0) is 28.1. The van der Waals surface area contributed by atoms with Gasteiger partial charge in [0.15, 0.2) is 11.5 Å². The number of pyridine rings is 2. The van der Waals surface area contributed by atoms with Crippen molar-refractivity contribution < 1.29 is 0 Å². The highest BCUT2D eigenvalue weighted by atomic mass is 32.1. The molecule has 0 bridgehead atoms. The molecule has 3 heterocycles. The van der Waals surface area contributed by atoms with Crippen LogP contribution in [0.5, 0.6) is 0 Å². The molecular weight excluding hydrogens is 508 g/mol. The van der Waals surface area contributed by atoms with Crippen molar-refractivity contribution in [1.82, 2.24) is 19.7 Å². The summed E-state index contributed by atoms with van der Waals surface area (Å²) in [4.78, 5) is 8.88. The molecule has 0 aromatic carbocycles. The molecule has 39 heavy (non-hydrogen) atoms. The second-order valence-electron chi connectivity index (χ2n) is 8.94. The fraction of sp³-hybridized carbons (Fsp3) is 0.464. The lowest BCUT2D eigenvalue weighted by Crippen LogP contribution is -2.29. The van der Waals surface area contributed by atoms with Gasteiger partial charge in [0.05, 0.1) is 35.4 Å². The number of allylic oxidation sites excluding steroid dienone is 1. The molecule has 1 saturated carbocycles. The maximum Gasteiger partial charge on any atom is 0.164 e. The van der Waals surface area contributed by atoms with E-state index >= 15 is 0 Å². The largest absolute Gasteiger partial charge is 0.401 e. The molecule has 1 fully saturated rings. The molecule has 4 rings (SSSR count). The van der Waals surface area contributed by atoms with Crippen LogP contribution in [0.4, 0.5) is 11.4 Å². The summed E-state index contributed by atoms with van der Waals surface area (Å²) in [6, 6.07) is 7.27. The van der Waals surface area contributed by atoms with Gasteiger partial charge in [-0.3, -0.25) is 5.01 Å². The number of hydrogen-bond donors (Lipinski definition) is 3. The van der Waals surface area contributed by atoms with E-state index in [4.69, 9.17) is 16.8 Å². The quantitative estimate of drug-likeness (QED) is 0.261. The van der Waals surface area contributed by atoms with Crippen LogP contribution in [-0.4, -0.2) is 25.8 Å². The minimum atomic E-state index is -0.460. The zero-order valence-corrected chi connectivity index (χ0v) is 24.6. The topological polar surface area (TPSA) is 158 Å². The predicted molar refractivity (Wildman–Crippen MR) is 163 cm³/mol. The molecule has 1 atom stereocenters. The third-order valence-corrected chi connectivity index (χ3v) is 5.83. The van der Waals surface area contributed by atoms with Crippen molar-refractivity contribution in [2.45, 2.75) is 79.2 Å². The van der Waals surface area contributed by atoms with Gasteiger partial charge in [-0.1, -0.05) is 53.4 Å². The van der Waals surface area contributed by atoms with E-state index in [-0.39, 0.29) is 13.5 Å². The monoisotopic (exact) mass is 550 g/mol. The lowest BCUT2D eigenvalue weighted by molar-refractivity contribution is 0.399. The summed E-state index contributed by atoms with van der Waals surface area (Å²) in [7, 11) is 0. The maximum atomic E-state index is 9.33. The van der Waals surface area contributed by atoms with Crippen molar-refractivity contribution in [3.63, 3.8) is 0 Å². The SMILES string of the molecule is CC.CCC.C[C@H](C#N)Nc1cc(-n2ncc3cc(C#N)cnc32)ncc1N(N)/C=C(\N)C1CCCCC1.S. The number of fused-ring (bicyclic) bond motifs is 1. The first-order chi connectivity index (χ1) is 18.4. The third-order valence-electron chi connectivity index (χ3n) is 5.83. The minimum absolute atomic E-state index is 0. The molecule has 10 nitrogen and oxygen atoms in total. The Morgan fingerprint density at radius 3 is 2.44 bits per heavy atom. The Bertz CT molecular complexity index is 1280. The molecular formula is C28H42N10S. The predicted octanol–water partition coefficient (Wildman–Crippen LogP) is 5.63. The van der Waals surface area contributed by atoms with E-state index < -0.39 is 6.04 Å². The number of nitriles is 2. The van der Waals surface area contributed by atoms with Crippen LogP contribution in [0.3, 0.4) is 0 Å². The van der Waals surface area contributed by atoms with E-state index in [1.54, 1.807) is 42.3 Å². The maximum absolute atomic E-state index is 9.33. The Morgan fingerprint density at radius 2 is 1.82 bits per heavy atom. The second kappa shape index (κ2) is 16.9. The fourth-order valence-corrected chi connectivity index (χ4v) is 4.06. The smallest absolute Gasteiger partial charge is 0.164 e. The molecule has 0 amide bonds. The van der Waals surface area contributed by atoms with E-state index in [0.29, 0.717) is 34.3 Å². The summed E-state index contributed by atoms with van der Waals surface area (Å²) in [5.41, 5.74) is 9.32. The van der Waals surface area contributed by atoms with Crippen LogP contribution in [0.2, 0.25) is 0 Å². The van der Waals surface area contributed by atoms with Crippen LogP contribution in [0, 0.1) is 28.6 Å². The van der Waals surface area contributed by atoms with Gasteiger partial charge in [-0.25, -0.2) is 15.8 Å². The van der Waals surface area contributed by atoms with Crippen molar-refractivity contribution in [2.24, 2.45) is 17.5 Å². The molecule has 0 saturated heterocycles. The lowest BCUT2D eigenvalue weighted by atomic mass is 9.87. The third kappa shape index (κ3) is 8.88. The number of nitrogens with one attached hydrogen (secondary N) is 1. The van der Waals surface area contributed by atoms with E-state index in [1.807, 2.05) is 13.8 Å². The van der Waals surface area contributed by atoms with Crippen molar-refractivity contribution in [2.75, 3.05) is 10.3 Å². The van der Waals surface area contributed by atoms with Crippen LogP contribution >= 0.6 is 13.5 Å². The van der Waals surface area contributed by atoms with E-state index in [2.05, 4.69) is 46.4 Å². The highest BCUT2D eigenvalue weighted by molar-refractivity contribution is 7.59. The van der Waals surface area contributed by atoms with E-state index in [0.717, 1.165) is 23.9 Å². The van der Waals surface area contributed by atoms with Crippen molar-refractivity contribution in [3.05, 3.63) is 48.2 Å². The molecule has 0 aliphatic heterocycles. The summed E-state index contributed by atoms with van der Waals surface area (Å²) in [6.45, 7) is 10.0. The summed E-state index contributed by atoms with van der Waals surface area (Å²) >= 11 is 0. The van der Waals surface area contributed by atoms with Crippen LogP contribution in [-0.2, 0) is 0 Å². The highest BCUT2D eigenvalue weighted by Crippen LogP contribution is 2.30. The second-order valence-corrected chi connectivity index (χ2v) is 8.94. The first-order valence-corrected chi connectivity index (χ1v) is 13.3. The number of nitrogens with two attached hydrogens (primary N) is 2. The van der Waals surface area contributed by atoms with Gasteiger partial charge in [-0.2, -0.15) is 33.8 Å². The van der Waals surface area contributed by atoms with Crippen LogP contribution < -0.4 is 21.9 Å². The molecule has 5 N–H and O–H groups in total. The molecule has 0 radical (unpaired) electrons. The summed E-state index contributed by atoms with van der Waals surface area (Å²) in [5, 5.41) is 28.1. The molecule has 0 unspecified atom stereocenters. The number of aromatic nitrogens is 4. The molecule has 210 valence electrons. The highest BCUT2D eigenvalue weighted by Gasteiger charge is 2.19. The van der Waals surface area contributed by atoms with Gasteiger partial charge < -0.3 is 11.1 Å². The normalized spacial score (nSPS) is 13.8. The molecule has 1 aliphatic rings. The van der Waals surface area contributed by atoms with Gasteiger partial charge in [0.1, 0.15) is 12.1 Å². The van der Waals surface area contributed by atoms with Crippen LogP contribution in [0.15, 0.2) is 42.6 Å². The average Bonchev–Trinajstić information content (AvgIpc) is 3.38. The van der Waals surface area contributed by atoms with Gasteiger partial charge >= 0.3 is 0 Å². The number of hydrogen-bond acceptors (Lipinski definition) is 9.